The van der Waals surface area contributed by atoms with E-state index in [1.165, 1.54) is 0 Å². The molecular formula is C14H15BrN2O5. The number of ether oxygens (including phenoxy) is 1. The van der Waals surface area contributed by atoms with Crippen molar-refractivity contribution in [3.63, 3.8) is 0 Å². The van der Waals surface area contributed by atoms with E-state index in [9.17, 15) is 9.59 Å². The van der Waals surface area contributed by atoms with Crippen LogP contribution >= 0.6 is 15.9 Å². The van der Waals surface area contributed by atoms with E-state index in [1.54, 1.807) is 0 Å². The molecule has 1 amide bonds. The van der Waals surface area contributed by atoms with E-state index < -0.39 is 18.1 Å². The first-order valence-corrected chi connectivity index (χ1v) is 7.42. The molecule has 0 radical (unpaired) electrons. The molecular weight excluding hydrogens is 356 g/mol. The summed E-state index contributed by atoms with van der Waals surface area (Å²) in [6, 6.07) is 8.03. The van der Waals surface area contributed by atoms with Crippen LogP contribution < -0.4 is 5.32 Å². The number of carbonyl (C=O) groups excluding carboxylic acids is 1. The van der Waals surface area contributed by atoms with Gasteiger partial charge in [-0.15, -0.1) is 0 Å². The highest BCUT2D eigenvalue weighted by Gasteiger charge is 2.29. The standard InChI is InChI=1S/C14H15BrN2O5/c15-12-7-10(22-17-12)6-11(13(18)19)16-14(20)21-8-9-4-2-1-3-5-9/h1-5,10-11H,6-8H2,(H,16,20)(H,18,19)/t10-,11+/m0/s1. The topological polar surface area (TPSA) is 97.2 Å². The number of hydrogen-bond donors (Lipinski definition) is 2. The Morgan fingerprint density at radius 3 is 2.77 bits per heavy atom. The number of oxime groups is 1. The minimum atomic E-state index is -1.15. The van der Waals surface area contributed by atoms with Crippen LogP contribution in [-0.2, 0) is 21.0 Å². The zero-order valence-electron chi connectivity index (χ0n) is 11.6. The van der Waals surface area contributed by atoms with E-state index in [2.05, 4.69) is 26.4 Å². The van der Waals surface area contributed by atoms with Crippen molar-refractivity contribution in [1.82, 2.24) is 5.32 Å². The number of carboxylic acid groups (broad SMARTS) is 1. The van der Waals surface area contributed by atoms with Gasteiger partial charge >= 0.3 is 12.1 Å². The first kappa shape index (κ1) is 16.3. The summed E-state index contributed by atoms with van der Waals surface area (Å²) in [5.41, 5.74) is 0.820. The molecule has 118 valence electrons. The van der Waals surface area contributed by atoms with Crippen LogP contribution in [0.5, 0.6) is 0 Å². The second kappa shape index (κ2) is 7.79. The van der Waals surface area contributed by atoms with E-state index >= 15 is 0 Å². The monoisotopic (exact) mass is 370 g/mol. The van der Waals surface area contributed by atoms with Crippen molar-refractivity contribution >= 4 is 32.6 Å². The summed E-state index contributed by atoms with van der Waals surface area (Å²) < 4.78 is 5.62. The SMILES string of the molecule is O=C(N[C@H](C[C@H]1CC(Br)=NO1)C(=O)O)OCc1ccccc1. The lowest BCUT2D eigenvalue weighted by Crippen LogP contribution is -2.43. The number of halogens is 1. The number of alkyl carbamates (subject to hydrolysis) is 1. The van der Waals surface area contributed by atoms with Crippen LogP contribution in [0.2, 0.25) is 0 Å². The number of nitrogens with zero attached hydrogens (tertiary/aromatic N) is 1. The molecule has 2 N–H and O–H groups in total. The number of amides is 1. The third-order valence-corrected chi connectivity index (χ3v) is 3.47. The zero-order valence-corrected chi connectivity index (χ0v) is 13.2. The van der Waals surface area contributed by atoms with Gasteiger partial charge in [-0.1, -0.05) is 35.5 Å². The molecule has 0 unspecified atom stereocenters. The van der Waals surface area contributed by atoms with Crippen molar-refractivity contribution in [2.24, 2.45) is 5.16 Å². The number of hydrogen-bond acceptors (Lipinski definition) is 5. The van der Waals surface area contributed by atoms with Gasteiger partial charge in [0, 0.05) is 12.8 Å². The molecule has 2 atom stereocenters. The number of aliphatic carboxylic acids is 1. The van der Waals surface area contributed by atoms with E-state index in [0.717, 1.165) is 5.56 Å². The highest BCUT2D eigenvalue weighted by molar-refractivity contribution is 9.18. The maximum Gasteiger partial charge on any atom is 0.408 e. The van der Waals surface area contributed by atoms with Gasteiger partial charge in [-0.3, -0.25) is 0 Å². The quantitative estimate of drug-likeness (QED) is 0.800. The number of carbonyl (C=O) groups is 2. The summed E-state index contributed by atoms with van der Waals surface area (Å²) in [7, 11) is 0. The minimum absolute atomic E-state index is 0.0770. The average Bonchev–Trinajstić information content (AvgIpc) is 2.91. The van der Waals surface area contributed by atoms with Crippen molar-refractivity contribution in [2.45, 2.75) is 31.6 Å². The van der Waals surface area contributed by atoms with Gasteiger partial charge in [0.15, 0.2) is 0 Å². The highest BCUT2D eigenvalue weighted by Crippen LogP contribution is 2.18. The van der Waals surface area contributed by atoms with Crippen molar-refractivity contribution in [3.05, 3.63) is 35.9 Å². The molecule has 1 aromatic rings. The van der Waals surface area contributed by atoms with Gasteiger partial charge in [0.25, 0.3) is 0 Å². The lowest BCUT2D eigenvalue weighted by Gasteiger charge is -2.17. The van der Waals surface area contributed by atoms with Crippen molar-refractivity contribution in [3.8, 4) is 0 Å². The van der Waals surface area contributed by atoms with Crippen molar-refractivity contribution in [1.29, 1.82) is 0 Å². The van der Waals surface area contributed by atoms with Crippen molar-refractivity contribution in [2.75, 3.05) is 0 Å². The van der Waals surface area contributed by atoms with Crippen molar-refractivity contribution < 1.29 is 24.3 Å². The summed E-state index contributed by atoms with van der Waals surface area (Å²) in [6.07, 6.45) is -0.585. The Hall–Kier alpha value is -2.09. The average molecular weight is 371 g/mol. The van der Waals surface area contributed by atoms with E-state index in [1.807, 2.05) is 30.3 Å². The predicted octanol–water partition coefficient (Wildman–Crippen LogP) is 2.25. The molecule has 8 heteroatoms. The summed E-state index contributed by atoms with van der Waals surface area (Å²) in [6.45, 7) is 0.0770. The molecule has 0 aliphatic carbocycles. The molecule has 2 rings (SSSR count). The van der Waals surface area contributed by atoms with Crippen LogP contribution in [0, 0.1) is 0 Å². The van der Waals surface area contributed by atoms with Gasteiger partial charge in [0.05, 0.1) is 0 Å². The fraction of sp³-hybridized carbons (Fsp3) is 0.357. The molecule has 1 heterocycles. The first-order valence-electron chi connectivity index (χ1n) is 6.63. The number of benzene rings is 1. The molecule has 0 saturated carbocycles. The molecule has 7 nitrogen and oxygen atoms in total. The third-order valence-electron chi connectivity index (χ3n) is 3.00. The fourth-order valence-electron chi connectivity index (χ4n) is 1.91. The summed E-state index contributed by atoms with van der Waals surface area (Å²) in [4.78, 5) is 27.9. The fourth-order valence-corrected chi connectivity index (χ4v) is 2.36. The Bertz CT molecular complexity index is 564. The normalized spacial score (nSPS) is 18.0. The van der Waals surface area contributed by atoms with Crippen LogP contribution in [0.1, 0.15) is 18.4 Å². The van der Waals surface area contributed by atoms with Crippen LogP contribution in [0.4, 0.5) is 4.79 Å². The second-order valence-corrected chi connectivity index (χ2v) is 5.65. The van der Waals surface area contributed by atoms with Gasteiger partial charge in [0.2, 0.25) is 0 Å². The lowest BCUT2D eigenvalue weighted by atomic mass is 10.1. The molecule has 0 spiro atoms. The van der Waals surface area contributed by atoms with E-state index in [4.69, 9.17) is 14.7 Å². The summed E-state index contributed by atoms with van der Waals surface area (Å²) in [5, 5.41) is 15.2. The van der Waals surface area contributed by atoms with Crippen LogP contribution in [0.25, 0.3) is 0 Å². The molecule has 1 aliphatic heterocycles. The van der Waals surface area contributed by atoms with Crippen LogP contribution in [0.15, 0.2) is 35.5 Å². The molecule has 0 bridgehead atoms. The third kappa shape index (κ3) is 5.03. The summed E-state index contributed by atoms with van der Waals surface area (Å²) >= 11 is 3.17. The molecule has 0 aromatic heterocycles. The molecule has 0 fully saturated rings. The van der Waals surface area contributed by atoms with E-state index in [0.29, 0.717) is 11.0 Å². The van der Waals surface area contributed by atoms with Gasteiger partial charge in [-0.25, -0.2) is 9.59 Å². The molecule has 22 heavy (non-hydrogen) atoms. The van der Waals surface area contributed by atoms with Gasteiger partial charge < -0.3 is 20.0 Å². The Morgan fingerprint density at radius 2 is 2.18 bits per heavy atom. The Kier molecular flexibility index (Phi) is 5.76. The lowest BCUT2D eigenvalue weighted by molar-refractivity contribution is -0.140. The molecule has 1 aromatic carbocycles. The minimum Gasteiger partial charge on any atom is -0.480 e. The summed E-state index contributed by atoms with van der Waals surface area (Å²) in [5.74, 6) is -1.15. The Balaban J connectivity index is 1.80. The predicted molar refractivity (Wildman–Crippen MR) is 81.7 cm³/mol. The Labute approximate surface area is 135 Å². The largest absolute Gasteiger partial charge is 0.480 e. The molecule has 1 aliphatic rings. The highest BCUT2D eigenvalue weighted by atomic mass is 79.9. The smallest absolute Gasteiger partial charge is 0.408 e. The first-order chi connectivity index (χ1) is 10.5. The van der Waals surface area contributed by atoms with Gasteiger partial charge in [0.1, 0.15) is 23.4 Å². The Morgan fingerprint density at radius 1 is 1.45 bits per heavy atom. The van der Waals surface area contributed by atoms with Gasteiger partial charge in [-0.2, -0.15) is 0 Å². The van der Waals surface area contributed by atoms with Gasteiger partial charge in [-0.05, 0) is 21.5 Å². The maximum absolute atomic E-state index is 11.7. The number of rotatable bonds is 6. The maximum atomic E-state index is 11.7. The molecule has 0 saturated heterocycles. The zero-order chi connectivity index (χ0) is 15.9. The number of carboxylic acids is 1. The van der Waals surface area contributed by atoms with E-state index in [-0.39, 0.29) is 19.1 Å². The van der Waals surface area contributed by atoms with Crippen LogP contribution in [0.3, 0.4) is 0 Å². The number of nitrogens with one attached hydrogen (secondary N) is 1. The van der Waals surface area contributed by atoms with Crippen LogP contribution in [-0.4, -0.2) is 33.9 Å². The second-order valence-electron chi connectivity index (χ2n) is 4.73.